The molecule has 0 bridgehead atoms. The maximum absolute atomic E-state index is 13.5. The second-order valence-electron chi connectivity index (χ2n) is 9.52. The molecule has 4 rings (SSSR count). The van der Waals surface area contributed by atoms with Gasteiger partial charge in [-0.05, 0) is 80.8 Å². The first-order chi connectivity index (χ1) is 19.9. The standard InChI is InChI=1S/C32H34N4O4S/c1-4-6-8-22-10-12-23(13-11-22)35-28(37)20-41-32-26(19-33)30(27-9-7-18-40-27)29(21(3)34-32)31(38)36-24-14-16-25(17-15-24)39-5-2/h7,9-18,30,34H,4-6,8,20H2,1-3H3,(H,35,37)(H,36,38)/t30-/m1/s1. The van der Waals surface area contributed by atoms with Crippen molar-refractivity contribution in [1.29, 1.82) is 5.26 Å². The molecule has 2 heterocycles. The van der Waals surface area contributed by atoms with Gasteiger partial charge in [0.15, 0.2) is 0 Å². The van der Waals surface area contributed by atoms with Crippen molar-refractivity contribution >= 4 is 35.0 Å². The molecule has 41 heavy (non-hydrogen) atoms. The number of allylic oxidation sites excluding steroid dienone is 2. The van der Waals surface area contributed by atoms with E-state index in [1.165, 1.54) is 23.6 Å². The minimum Gasteiger partial charge on any atom is -0.494 e. The molecule has 0 unspecified atom stereocenters. The molecule has 1 aliphatic rings. The van der Waals surface area contributed by atoms with E-state index < -0.39 is 5.92 Å². The van der Waals surface area contributed by atoms with Crippen LogP contribution in [0.4, 0.5) is 11.4 Å². The lowest BCUT2D eigenvalue weighted by atomic mass is 9.85. The minimum absolute atomic E-state index is 0.0803. The van der Waals surface area contributed by atoms with Crippen molar-refractivity contribution in [2.45, 2.75) is 46.0 Å². The monoisotopic (exact) mass is 570 g/mol. The van der Waals surface area contributed by atoms with Gasteiger partial charge >= 0.3 is 0 Å². The van der Waals surface area contributed by atoms with Crippen LogP contribution in [0.2, 0.25) is 0 Å². The van der Waals surface area contributed by atoms with Gasteiger partial charge in [-0.1, -0.05) is 37.2 Å². The topological polar surface area (TPSA) is 116 Å². The Labute approximate surface area is 244 Å². The predicted molar refractivity (Wildman–Crippen MR) is 162 cm³/mol. The van der Waals surface area contributed by atoms with Crippen molar-refractivity contribution in [3.05, 3.63) is 100 Å². The molecule has 0 fully saturated rings. The molecule has 0 aliphatic carbocycles. The molecular formula is C32H34N4O4S. The maximum atomic E-state index is 13.5. The summed E-state index contributed by atoms with van der Waals surface area (Å²) in [6, 6.07) is 20.7. The van der Waals surface area contributed by atoms with E-state index in [0.29, 0.717) is 45.7 Å². The summed E-state index contributed by atoms with van der Waals surface area (Å²) in [5, 5.41) is 19.7. The van der Waals surface area contributed by atoms with Gasteiger partial charge in [0.25, 0.3) is 5.91 Å². The number of unbranched alkanes of at least 4 members (excludes halogenated alkanes) is 1. The average Bonchev–Trinajstić information content (AvgIpc) is 3.51. The van der Waals surface area contributed by atoms with Crippen LogP contribution in [0.5, 0.6) is 5.75 Å². The summed E-state index contributed by atoms with van der Waals surface area (Å²) in [5.74, 6) is -0.0458. The van der Waals surface area contributed by atoms with E-state index in [9.17, 15) is 14.9 Å². The van der Waals surface area contributed by atoms with Crippen LogP contribution in [0.15, 0.2) is 93.2 Å². The molecule has 0 saturated heterocycles. The summed E-state index contributed by atoms with van der Waals surface area (Å²) >= 11 is 1.21. The maximum Gasteiger partial charge on any atom is 0.254 e. The highest BCUT2D eigenvalue weighted by Crippen LogP contribution is 2.41. The Morgan fingerprint density at radius 3 is 2.39 bits per heavy atom. The highest BCUT2D eigenvalue weighted by Gasteiger charge is 2.36. The number of nitriles is 1. The summed E-state index contributed by atoms with van der Waals surface area (Å²) in [6.45, 7) is 6.39. The largest absolute Gasteiger partial charge is 0.494 e. The molecule has 3 N–H and O–H groups in total. The molecule has 1 aromatic heterocycles. The van der Waals surface area contributed by atoms with E-state index in [0.717, 1.165) is 24.9 Å². The number of ether oxygens (including phenoxy) is 1. The summed E-state index contributed by atoms with van der Waals surface area (Å²) in [6.07, 6.45) is 4.79. The van der Waals surface area contributed by atoms with Gasteiger partial charge in [0.05, 0.1) is 46.8 Å². The van der Waals surface area contributed by atoms with Crippen molar-refractivity contribution in [3.63, 3.8) is 0 Å². The third kappa shape index (κ3) is 7.62. The van der Waals surface area contributed by atoms with Gasteiger partial charge in [-0.3, -0.25) is 9.59 Å². The van der Waals surface area contributed by atoms with E-state index in [1.807, 2.05) is 31.2 Å². The van der Waals surface area contributed by atoms with Gasteiger partial charge < -0.3 is 25.1 Å². The molecule has 212 valence electrons. The quantitative estimate of drug-likeness (QED) is 0.221. The van der Waals surface area contributed by atoms with Crippen LogP contribution >= 0.6 is 11.8 Å². The van der Waals surface area contributed by atoms with Crippen molar-refractivity contribution in [1.82, 2.24) is 5.32 Å². The van der Waals surface area contributed by atoms with Gasteiger partial charge in [0.1, 0.15) is 11.5 Å². The number of hydrogen-bond acceptors (Lipinski definition) is 7. The van der Waals surface area contributed by atoms with E-state index in [-0.39, 0.29) is 17.6 Å². The zero-order chi connectivity index (χ0) is 29.2. The van der Waals surface area contributed by atoms with E-state index in [1.54, 1.807) is 43.3 Å². The molecule has 2 amide bonds. The smallest absolute Gasteiger partial charge is 0.254 e. The lowest BCUT2D eigenvalue weighted by molar-refractivity contribution is -0.114. The van der Waals surface area contributed by atoms with E-state index in [2.05, 4.69) is 28.9 Å². The first-order valence-electron chi connectivity index (χ1n) is 13.6. The molecule has 2 aromatic carbocycles. The number of furan rings is 1. The molecule has 1 aliphatic heterocycles. The Morgan fingerprint density at radius 1 is 1.05 bits per heavy atom. The third-order valence-electron chi connectivity index (χ3n) is 6.55. The second kappa shape index (κ2) is 14.3. The fourth-order valence-corrected chi connectivity index (χ4v) is 5.43. The summed E-state index contributed by atoms with van der Waals surface area (Å²) in [4.78, 5) is 26.3. The Bertz CT molecular complexity index is 1450. The number of benzene rings is 2. The summed E-state index contributed by atoms with van der Waals surface area (Å²) in [7, 11) is 0. The number of thioether (sulfide) groups is 1. The van der Waals surface area contributed by atoms with E-state index >= 15 is 0 Å². The fourth-order valence-electron chi connectivity index (χ4n) is 4.54. The number of carbonyl (C=O) groups is 2. The number of nitrogens with one attached hydrogen (secondary N) is 3. The Kier molecular flexibility index (Phi) is 10.3. The van der Waals surface area contributed by atoms with Gasteiger partial charge in [-0.25, -0.2) is 0 Å². The molecule has 3 aromatic rings. The lowest BCUT2D eigenvalue weighted by Crippen LogP contribution is -2.31. The van der Waals surface area contributed by atoms with Crippen LogP contribution in [0, 0.1) is 11.3 Å². The molecule has 0 radical (unpaired) electrons. The Balaban J connectivity index is 1.49. The number of aryl methyl sites for hydroxylation is 1. The first kappa shape index (κ1) is 29.6. The second-order valence-corrected chi connectivity index (χ2v) is 10.5. The SMILES string of the molecule is CCCCc1ccc(NC(=O)CSC2=C(C#N)[C@H](c3ccco3)C(C(=O)Nc3ccc(OCC)cc3)=C(C)N2)cc1. The Morgan fingerprint density at radius 2 is 1.76 bits per heavy atom. The van der Waals surface area contributed by atoms with Crippen molar-refractivity contribution in [3.8, 4) is 11.8 Å². The van der Waals surface area contributed by atoms with Gasteiger partial charge in [-0.15, -0.1) is 0 Å². The van der Waals surface area contributed by atoms with Gasteiger partial charge in [-0.2, -0.15) is 5.26 Å². The van der Waals surface area contributed by atoms with Gasteiger partial charge in [0, 0.05) is 17.1 Å². The van der Waals surface area contributed by atoms with Crippen LogP contribution in [0.25, 0.3) is 0 Å². The molecular weight excluding hydrogens is 536 g/mol. The summed E-state index contributed by atoms with van der Waals surface area (Å²) < 4.78 is 11.2. The average molecular weight is 571 g/mol. The highest BCUT2D eigenvalue weighted by molar-refractivity contribution is 8.03. The molecule has 8 nitrogen and oxygen atoms in total. The van der Waals surface area contributed by atoms with Gasteiger partial charge in [0.2, 0.25) is 5.91 Å². The molecule has 0 saturated carbocycles. The van der Waals surface area contributed by atoms with Crippen molar-refractivity contribution in [2.24, 2.45) is 0 Å². The van der Waals surface area contributed by atoms with Crippen LogP contribution in [-0.2, 0) is 16.0 Å². The van der Waals surface area contributed by atoms with Crippen molar-refractivity contribution < 1.29 is 18.7 Å². The van der Waals surface area contributed by atoms with Crippen LogP contribution in [0.1, 0.15) is 50.9 Å². The predicted octanol–water partition coefficient (Wildman–Crippen LogP) is 6.73. The lowest BCUT2D eigenvalue weighted by Gasteiger charge is -2.28. The van der Waals surface area contributed by atoms with Crippen LogP contribution in [0.3, 0.4) is 0 Å². The first-order valence-corrected chi connectivity index (χ1v) is 14.6. The van der Waals surface area contributed by atoms with E-state index in [4.69, 9.17) is 9.15 Å². The molecule has 1 atom stereocenters. The number of amides is 2. The van der Waals surface area contributed by atoms with Crippen LogP contribution in [-0.4, -0.2) is 24.2 Å². The molecule has 0 spiro atoms. The number of hydrogen-bond donors (Lipinski definition) is 3. The fraction of sp³-hybridized carbons (Fsp3) is 0.281. The zero-order valence-corrected chi connectivity index (χ0v) is 24.3. The highest BCUT2D eigenvalue weighted by atomic mass is 32.2. The van der Waals surface area contributed by atoms with Crippen molar-refractivity contribution in [2.75, 3.05) is 23.0 Å². The number of carbonyl (C=O) groups excluding carboxylic acids is 2. The minimum atomic E-state index is -0.736. The number of dihydropyridines is 1. The normalized spacial score (nSPS) is 14.7. The number of anilines is 2. The molecule has 9 heteroatoms. The number of nitrogens with zero attached hydrogens (tertiary/aromatic N) is 1. The zero-order valence-electron chi connectivity index (χ0n) is 23.5. The third-order valence-corrected chi connectivity index (χ3v) is 7.56. The van der Waals surface area contributed by atoms with Crippen LogP contribution < -0.4 is 20.7 Å². The Hall–Kier alpha value is -4.42. The number of rotatable bonds is 12. The summed E-state index contributed by atoms with van der Waals surface area (Å²) in [5.41, 5.74) is 3.79.